The van der Waals surface area contributed by atoms with Crippen molar-refractivity contribution in [1.29, 1.82) is 0 Å². The monoisotopic (exact) mass is 360 g/mol. The van der Waals surface area contributed by atoms with Crippen LogP contribution in [0.5, 0.6) is 5.75 Å². The van der Waals surface area contributed by atoms with Crippen molar-refractivity contribution in [2.45, 2.75) is 26.2 Å². The van der Waals surface area contributed by atoms with Gasteiger partial charge in [-0.25, -0.2) is 13.2 Å². The van der Waals surface area contributed by atoms with Crippen molar-refractivity contribution in [2.24, 2.45) is 0 Å². The number of nitrogens with one attached hydrogen (secondary N) is 1. The molecule has 1 aromatic rings. The van der Waals surface area contributed by atoms with Crippen LogP contribution in [0.15, 0.2) is 12.1 Å². The van der Waals surface area contributed by atoms with Crippen molar-refractivity contribution in [3.63, 3.8) is 0 Å². The first kappa shape index (κ1) is 20.0. The number of amides is 1. The molecule has 1 aromatic carbocycles. The van der Waals surface area contributed by atoms with Crippen LogP contribution >= 0.6 is 0 Å². The smallest absolute Gasteiger partial charge is 0.409 e. The standard InChI is InChI=1S/C15H24N2O6S/c1-15(2,3)10-8-11(16-14(19)20)13(23-4)12(9-10)17(6-7-18)24(5,21)22/h8-9,16,18H,6-7H2,1-5H3,(H,19,20). The summed E-state index contributed by atoms with van der Waals surface area (Å²) in [7, 11) is -2.38. The average Bonchev–Trinajstić information content (AvgIpc) is 2.41. The van der Waals surface area contributed by atoms with E-state index in [4.69, 9.17) is 9.84 Å². The van der Waals surface area contributed by atoms with Crippen LogP contribution in [0, 0.1) is 0 Å². The van der Waals surface area contributed by atoms with Gasteiger partial charge in [-0.2, -0.15) is 0 Å². The van der Waals surface area contributed by atoms with Gasteiger partial charge in [-0.05, 0) is 23.1 Å². The number of hydrogen-bond acceptors (Lipinski definition) is 5. The van der Waals surface area contributed by atoms with Crippen LogP contribution in [0.3, 0.4) is 0 Å². The maximum Gasteiger partial charge on any atom is 0.409 e. The summed E-state index contributed by atoms with van der Waals surface area (Å²) in [6.07, 6.45) is -0.283. The first-order valence-corrected chi connectivity index (χ1v) is 9.07. The van der Waals surface area contributed by atoms with Gasteiger partial charge in [0.1, 0.15) is 0 Å². The average molecular weight is 360 g/mol. The lowest BCUT2D eigenvalue weighted by Crippen LogP contribution is -2.33. The van der Waals surface area contributed by atoms with Gasteiger partial charge in [-0.3, -0.25) is 9.62 Å². The van der Waals surface area contributed by atoms with Gasteiger partial charge in [0.15, 0.2) is 5.75 Å². The molecule has 3 N–H and O–H groups in total. The number of benzene rings is 1. The number of ether oxygens (including phenoxy) is 1. The van der Waals surface area contributed by atoms with E-state index in [-0.39, 0.29) is 29.1 Å². The van der Waals surface area contributed by atoms with E-state index in [2.05, 4.69) is 5.32 Å². The molecular formula is C15H24N2O6S. The first-order chi connectivity index (χ1) is 10.9. The molecule has 0 atom stereocenters. The second-order valence-corrected chi connectivity index (χ2v) is 8.22. The molecule has 8 nitrogen and oxygen atoms in total. The number of carbonyl (C=O) groups is 1. The van der Waals surface area contributed by atoms with Crippen LogP contribution in [-0.2, 0) is 15.4 Å². The van der Waals surface area contributed by atoms with Crippen LogP contribution in [0.2, 0.25) is 0 Å². The summed E-state index contributed by atoms with van der Waals surface area (Å²) in [6, 6.07) is 3.23. The number of nitrogens with zero attached hydrogens (tertiary/aromatic N) is 1. The molecule has 0 spiro atoms. The summed E-state index contributed by atoms with van der Waals surface area (Å²) < 4.78 is 30.5. The van der Waals surface area contributed by atoms with Crippen molar-refractivity contribution in [3.05, 3.63) is 17.7 Å². The van der Waals surface area contributed by atoms with Gasteiger partial charge in [-0.1, -0.05) is 20.8 Å². The Kier molecular flexibility index (Phi) is 6.07. The molecule has 0 saturated carbocycles. The third-order valence-electron chi connectivity index (χ3n) is 3.35. The Hall–Kier alpha value is -2.00. The van der Waals surface area contributed by atoms with E-state index in [0.29, 0.717) is 5.56 Å². The maximum absolute atomic E-state index is 12.1. The Morgan fingerprint density at radius 2 is 1.92 bits per heavy atom. The fourth-order valence-corrected chi connectivity index (χ4v) is 3.12. The number of hydrogen-bond donors (Lipinski definition) is 3. The highest BCUT2D eigenvalue weighted by Crippen LogP contribution is 2.41. The molecule has 0 bridgehead atoms. The molecule has 0 unspecified atom stereocenters. The van der Waals surface area contributed by atoms with Gasteiger partial charge < -0.3 is 14.9 Å². The molecule has 9 heteroatoms. The van der Waals surface area contributed by atoms with Gasteiger partial charge in [-0.15, -0.1) is 0 Å². The van der Waals surface area contributed by atoms with Crippen molar-refractivity contribution in [3.8, 4) is 5.75 Å². The van der Waals surface area contributed by atoms with Crippen molar-refractivity contribution < 1.29 is 28.2 Å². The predicted octanol–water partition coefficient (Wildman–Crippen LogP) is 1.84. The SMILES string of the molecule is COc1c(NC(=O)O)cc(C(C)(C)C)cc1N(CCO)S(C)(=O)=O. The topological polar surface area (TPSA) is 116 Å². The zero-order valence-corrected chi connectivity index (χ0v) is 15.3. The quantitative estimate of drug-likeness (QED) is 0.713. The largest absolute Gasteiger partial charge is 0.492 e. The molecule has 0 fully saturated rings. The minimum atomic E-state index is -3.70. The number of sulfonamides is 1. The summed E-state index contributed by atoms with van der Waals surface area (Å²) in [4.78, 5) is 11.1. The van der Waals surface area contributed by atoms with E-state index in [1.165, 1.54) is 7.11 Å². The number of methoxy groups -OCH3 is 1. The highest BCUT2D eigenvalue weighted by Gasteiger charge is 2.27. The molecule has 0 aliphatic carbocycles. The molecule has 0 aliphatic rings. The number of aliphatic hydroxyl groups is 1. The van der Waals surface area contributed by atoms with E-state index in [9.17, 15) is 18.3 Å². The van der Waals surface area contributed by atoms with Crippen LogP contribution in [0.1, 0.15) is 26.3 Å². The highest BCUT2D eigenvalue weighted by atomic mass is 32.2. The van der Waals surface area contributed by atoms with E-state index < -0.39 is 22.7 Å². The number of rotatable bonds is 6. The normalized spacial score (nSPS) is 11.9. The van der Waals surface area contributed by atoms with Crippen LogP contribution in [-0.4, -0.2) is 51.2 Å². The lowest BCUT2D eigenvalue weighted by molar-refractivity contribution is 0.209. The van der Waals surface area contributed by atoms with Gasteiger partial charge in [0.25, 0.3) is 0 Å². The van der Waals surface area contributed by atoms with Crippen LogP contribution < -0.4 is 14.4 Å². The number of carboxylic acid groups (broad SMARTS) is 1. The second-order valence-electron chi connectivity index (χ2n) is 6.32. The highest BCUT2D eigenvalue weighted by molar-refractivity contribution is 7.92. The Balaban J connectivity index is 3.74. The predicted molar refractivity (Wildman–Crippen MR) is 92.6 cm³/mol. The molecule has 1 rings (SSSR count). The molecule has 136 valence electrons. The maximum atomic E-state index is 12.1. The summed E-state index contributed by atoms with van der Waals surface area (Å²) in [5.74, 6) is 0.0734. The van der Waals surface area contributed by atoms with E-state index in [0.717, 1.165) is 10.6 Å². The van der Waals surface area contributed by atoms with Crippen LogP contribution in [0.25, 0.3) is 0 Å². The molecule has 24 heavy (non-hydrogen) atoms. The number of aliphatic hydroxyl groups excluding tert-OH is 1. The summed E-state index contributed by atoms with van der Waals surface area (Å²) in [5.41, 5.74) is 0.663. The van der Waals surface area contributed by atoms with Crippen molar-refractivity contribution >= 4 is 27.5 Å². The third kappa shape index (κ3) is 4.75. The summed E-state index contributed by atoms with van der Waals surface area (Å²) in [5, 5.41) is 20.5. The third-order valence-corrected chi connectivity index (χ3v) is 4.53. The van der Waals surface area contributed by atoms with E-state index >= 15 is 0 Å². The van der Waals surface area contributed by atoms with Crippen molar-refractivity contribution in [2.75, 3.05) is 36.1 Å². The Labute approximate surface area is 142 Å². The van der Waals surface area contributed by atoms with Crippen LogP contribution in [0.4, 0.5) is 16.2 Å². The second kappa shape index (κ2) is 7.27. The van der Waals surface area contributed by atoms with E-state index in [1.54, 1.807) is 12.1 Å². The van der Waals surface area contributed by atoms with Gasteiger partial charge in [0.05, 0.1) is 37.9 Å². The van der Waals surface area contributed by atoms with Gasteiger partial charge >= 0.3 is 6.09 Å². The van der Waals surface area contributed by atoms with E-state index in [1.807, 2.05) is 20.8 Å². The Morgan fingerprint density at radius 3 is 2.29 bits per heavy atom. The fraction of sp³-hybridized carbons (Fsp3) is 0.533. The molecule has 0 aliphatic heterocycles. The lowest BCUT2D eigenvalue weighted by atomic mass is 9.86. The minimum absolute atomic E-state index is 0.0734. The Morgan fingerprint density at radius 1 is 1.33 bits per heavy atom. The fourth-order valence-electron chi connectivity index (χ4n) is 2.21. The molecule has 0 aromatic heterocycles. The summed E-state index contributed by atoms with van der Waals surface area (Å²) in [6.45, 7) is 5.19. The molecule has 0 saturated heterocycles. The minimum Gasteiger partial charge on any atom is -0.492 e. The zero-order valence-electron chi connectivity index (χ0n) is 14.5. The lowest BCUT2D eigenvalue weighted by Gasteiger charge is -2.28. The Bertz CT molecular complexity index is 709. The van der Waals surface area contributed by atoms with Crippen molar-refractivity contribution in [1.82, 2.24) is 0 Å². The molecule has 0 radical (unpaired) electrons. The summed E-state index contributed by atoms with van der Waals surface area (Å²) >= 11 is 0. The first-order valence-electron chi connectivity index (χ1n) is 7.23. The zero-order chi connectivity index (χ0) is 18.7. The van der Waals surface area contributed by atoms with Gasteiger partial charge in [0.2, 0.25) is 10.0 Å². The van der Waals surface area contributed by atoms with Gasteiger partial charge in [0, 0.05) is 0 Å². The molecule has 0 heterocycles. The number of anilines is 2. The molecule has 1 amide bonds. The molecular weight excluding hydrogens is 336 g/mol.